The molecule has 0 amide bonds. The van der Waals surface area contributed by atoms with Crippen LogP contribution in [0.3, 0.4) is 0 Å². The molecule has 0 aliphatic heterocycles. The molecule has 1 nitrogen and oxygen atoms in total. The molecule has 0 spiro atoms. The minimum Gasteiger partial charge on any atom is -0.303 e. The lowest BCUT2D eigenvalue weighted by Gasteiger charge is -2.39. The first-order valence-electron chi connectivity index (χ1n) is 5.20. The molecule has 0 bridgehead atoms. The molecule has 1 heteroatoms. The highest BCUT2D eigenvalue weighted by Gasteiger charge is 2.31. The van der Waals surface area contributed by atoms with Gasteiger partial charge in [0.05, 0.1) is 6.54 Å². The summed E-state index contributed by atoms with van der Waals surface area (Å²) in [6.45, 7) is 7.76. The topological polar surface area (TPSA) is 12.0 Å². The van der Waals surface area contributed by atoms with Crippen LogP contribution < -0.4 is 5.32 Å². The standard InChI is InChI=1S/C12H21N/c1-5-6-13-11-7-10(2)8-12(3,4)9-11/h1,10-11,13H,6-9H2,2-4H3. The Morgan fingerprint density at radius 3 is 2.69 bits per heavy atom. The van der Waals surface area contributed by atoms with Gasteiger partial charge in [0.1, 0.15) is 0 Å². The lowest BCUT2D eigenvalue weighted by molar-refractivity contribution is 0.154. The number of hydrogen-bond donors (Lipinski definition) is 1. The molecule has 2 atom stereocenters. The van der Waals surface area contributed by atoms with E-state index in [1.807, 2.05) is 0 Å². The summed E-state index contributed by atoms with van der Waals surface area (Å²) in [4.78, 5) is 0. The molecule has 13 heavy (non-hydrogen) atoms. The number of rotatable bonds is 2. The average molecular weight is 179 g/mol. The second-order valence-electron chi connectivity index (χ2n) is 5.20. The van der Waals surface area contributed by atoms with E-state index < -0.39 is 0 Å². The van der Waals surface area contributed by atoms with E-state index in [1.165, 1.54) is 19.3 Å². The fraction of sp³-hybridized carbons (Fsp3) is 0.833. The highest BCUT2D eigenvalue weighted by Crippen LogP contribution is 2.38. The minimum absolute atomic E-state index is 0.490. The Kier molecular flexibility index (Phi) is 3.39. The van der Waals surface area contributed by atoms with Crippen molar-refractivity contribution in [1.29, 1.82) is 0 Å². The van der Waals surface area contributed by atoms with E-state index in [0.717, 1.165) is 5.92 Å². The monoisotopic (exact) mass is 179 g/mol. The first-order chi connectivity index (χ1) is 6.03. The van der Waals surface area contributed by atoms with Gasteiger partial charge < -0.3 is 5.32 Å². The van der Waals surface area contributed by atoms with E-state index in [2.05, 4.69) is 32.0 Å². The second kappa shape index (κ2) is 4.15. The Hall–Kier alpha value is -0.480. The van der Waals surface area contributed by atoms with Crippen molar-refractivity contribution in [3.8, 4) is 12.3 Å². The molecule has 0 heterocycles. The maximum absolute atomic E-state index is 5.24. The van der Waals surface area contributed by atoms with Crippen LogP contribution in [0.15, 0.2) is 0 Å². The zero-order chi connectivity index (χ0) is 9.90. The molecule has 1 rings (SSSR count). The normalized spacial score (nSPS) is 32.5. The van der Waals surface area contributed by atoms with Crippen LogP contribution in [0.1, 0.15) is 40.0 Å². The minimum atomic E-state index is 0.490. The van der Waals surface area contributed by atoms with Gasteiger partial charge in [-0.1, -0.05) is 26.7 Å². The third-order valence-electron chi connectivity index (χ3n) is 2.88. The molecule has 0 radical (unpaired) electrons. The van der Waals surface area contributed by atoms with Gasteiger partial charge in [0.25, 0.3) is 0 Å². The van der Waals surface area contributed by atoms with Crippen LogP contribution in [0.4, 0.5) is 0 Å². The third-order valence-corrected chi connectivity index (χ3v) is 2.88. The van der Waals surface area contributed by atoms with Gasteiger partial charge in [-0.15, -0.1) is 6.42 Å². The van der Waals surface area contributed by atoms with E-state index in [9.17, 15) is 0 Å². The van der Waals surface area contributed by atoms with Crippen LogP contribution in [0.25, 0.3) is 0 Å². The SMILES string of the molecule is C#CCNC1CC(C)CC(C)(C)C1. The summed E-state index contributed by atoms with van der Waals surface area (Å²) in [6.07, 6.45) is 9.13. The van der Waals surface area contributed by atoms with E-state index in [4.69, 9.17) is 6.42 Å². The van der Waals surface area contributed by atoms with Gasteiger partial charge >= 0.3 is 0 Å². The fourth-order valence-electron chi connectivity index (χ4n) is 2.70. The van der Waals surface area contributed by atoms with Crippen LogP contribution in [-0.2, 0) is 0 Å². The van der Waals surface area contributed by atoms with E-state index >= 15 is 0 Å². The predicted molar refractivity (Wildman–Crippen MR) is 57.4 cm³/mol. The largest absolute Gasteiger partial charge is 0.303 e. The van der Waals surface area contributed by atoms with Gasteiger partial charge in [-0.05, 0) is 30.6 Å². The Labute approximate surface area is 82.3 Å². The Bertz CT molecular complexity index is 200. The number of nitrogens with one attached hydrogen (secondary N) is 1. The molecular formula is C12H21N. The van der Waals surface area contributed by atoms with Gasteiger partial charge in [-0.2, -0.15) is 0 Å². The van der Waals surface area contributed by atoms with Crippen molar-refractivity contribution < 1.29 is 0 Å². The highest BCUT2D eigenvalue weighted by atomic mass is 14.9. The molecular weight excluding hydrogens is 158 g/mol. The number of hydrogen-bond acceptors (Lipinski definition) is 1. The second-order valence-corrected chi connectivity index (χ2v) is 5.20. The molecule has 0 saturated heterocycles. The molecule has 0 aromatic heterocycles. The van der Waals surface area contributed by atoms with Gasteiger partial charge in [0, 0.05) is 6.04 Å². The van der Waals surface area contributed by atoms with Crippen LogP contribution >= 0.6 is 0 Å². The van der Waals surface area contributed by atoms with E-state index in [1.54, 1.807) is 0 Å². The van der Waals surface area contributed by atoms with Crippen molar-refractivity contribution in [3.63, 3.8) is 0 Å². The molecule has 74 valence electrons. The highest BCUT2D eigenvalue weighted by molar-refractivity contribution is 4.92. The van der Waals surface area contributed by atoms with Crippen LogP contribution in [0.5, 0.6) is 0 Å². The summed E-state index contributed by atoms with van der Waals surface area (Å²) in [5.41, 5.74) is 0.490. The van der Waals surface area contributed by atoms with Crippen molar-refractivity contribution in [2.24, 2.45) is 11.3 Å². The molecule has 0 aromatic carbocycles. The van der Waals surface area contributed by atoms with Crippen molar-refractivity contribution >= 4 is 0 Å². The molecule has 2 unspecified atom stereocenters. The molecule has 0 aromatic rings. The molecule has 1 N–H and O–H groups in total. The summed E-state index contributed by atoms with van der Waals surface area (Å²) in [5.74, 6) is 3.48. The maximum Gasteiger partial charge on any atom is 0.0575 e. The summed E-state index contributed by atoms with van der Waals surface area (Å²) >= 11 is 0. The predicted octanol–water partition coefficient (Wildman–Crippen LogP) is 2.42. The van der Waals surface area contributed by atoms with Crippen LogP contribution in [0.2, 0.25) is 0 Å². The van der Waals surface area contributed by atoms with Gasteiger partial charge in [-0.3, -0.25) is 0 Å². The van der Waals surface area contributed by atoms with E-state index in [-0.39, 0.29) is 0 Å². The summed E-state index contributed by atoms with van der Waals surface area (Å²) in [7, 11) is 0. The van der Waals surface area contributed by atoms with Crippen molar-refractivity contribution in [2.45, 2.75) is 46.1 Å². The quantitative estimate of drug-likeness (QED) is 0.642. The van der Waals surface area contributed by atoms with Gasteiger partial charge in [-0.25, -0.2) is 0 Å². The van der Waals surface area contributed by atoms with Gasteiger partial charge in [0.15, 0.2) is 0 Å². The first kappa shape index (κ1) is 10.6. The summed E-state index contributed by atoms with van der Waals surface area (Å²) in [5, 5.41) is 3.42. The van der Waals surface area contributed by atoms with E-state index in [0.29, 0.717) is 18.0 Å². The first-order valence-corrected chi connectivity index (χ1v) is 5.20. The lowest BCUT2D eigenvalue weighted by atomic mass is 9.70. The molecule has 1 saturated carbocycles. The average Bonchev–Trinajstić information content (AvgIpc) is 1.97. The van der Waals surface area contributed by atoms with Crippen molar-refractivity contribution in [2.75, 3.05) is 6.54 Å². The van der Waals surface area contributed by atoms with Gasteiger partial charge in [0.2, 0.25) is 0 Å². The smallest absolute Gasteiger partial charge is 0.0575 e. The zero-order valence-electron chi connectivity index (χ0n) is 9.06. The Balaban J connectivity index is 2.44. The third kappa shape index (κ3) is 3.40. The lowest BCUT2D eigenvalue weighted by Crippen LogP contribution is -2.40. The van der Waals surface area contributed by atoms with Crippen LogP contribution in [0, 0.1) is 23.7 Å². The maximum atomic E-state index is 5.24. The van der Waals surface area contributed by atoms with Crippen molar-refractivity contribution in [3.05, 3.63) is 0 Å². The fourth-order valence-corrected chi connectivity index (χ4v) is 2.70. The number of terminal acetylenes is 1. The Morgan fingerprint density at radius 1 is 1.46 bits per heavy atom. The van der Waals surface area contributed by atoms with Crippen LogP contribution in [-0.4, -0.2) is 12.6 Å². The Morgan fingerprint density at radius 2 is 2.15 bits per heavy atom. The van der Waals surface area contributed by atoms with Crippen molar-refractivity contribution in [1.82, 2.24) is 5.32 Å². The summed E-state index contributed by atoms with van der Waals surface area (Å²) < 4.78 is 0. The zero-order valence-corrected chi connectivity index (χ0v) is 9.06. The molecule has 1 fully saturated rings. The summed E-state index contributed by atoms with van der Waals surface area (Å²) in [6, 6.07) is 0.634. The molecule has 1 aliphatic rings. The molecule has 1 aliphatic carbocycles.